The van der Waals surface area contributed by atoms with E-state index in [-0.39, 0.29) is 6.10 Å². The highest BCUT2D eigenvalue weighted by Gasteiger charge is 2.25. The third-order valence-corrected chi connectivity index (χ3v) is 3.46. The van der Waals surface area contributed by atoms with Crippen molar-refractivity contribution in [2.45, 2.75) is 38.7 Å². The lowest BCUT2D eigenvalue weighted by atomic mass is 10.2. The summed E-state index contributed by atoms with van der Waals surface area (Å²) in [6, 6.07) is 0. The topological polar surface area (TPSA) is 77.4 Å². The highest BCUT2D eigenvalue weighted by molar-refractivity contribution is 4.94. The van der Waals surface area contributed by atoms with Gasteiger partial charge < -0.3 is 15.0 Å². The molecule has 0 bridgehead atoms. The quantitative estimate of drug-likeness (QED) is 0.747. The molecule has 0 aromatic carbocycles. The Hall–Kier alpha value is -0.980. The minimum atomic E-state index is -0.0461. The second-order valence-corrected chi connectivity index (χ2v) is 4.90. The summed E-state index contributed by atoms with van der Waals surface area (Å²) in [7, 11) is 0. The number of aromatic nitrogens is 2. The zero-order chi connectivity index (χ0) is 13.5. The van der Waals surface area contributed by atoms with E-state index in [1.165, 1.54) is 0 Å². The Morgan fingerprint density at radius 1 is 1.37 bits per heavy atom. The van der Waals surface area contributed by atoms with E-state index >= 15 is 0 Å². The molecule has 0 amide bonds. The first-order valence-electron chi connectivity index (χ1n) is 7.20. The number of hydrogen-bond acceptors (Lipinski definition) is 6. The number of aryl methyl sites for hydroxylation is 1. The molecule has 2 rings (SSSR count). The Morgan fingerprint density at radius 2 is 2.26 bits per heavy atom. The Labute approximate surface area is 114 Å². The molecule has 2 N–H and O–H groups in total. The number of nitrogens with zero attached hydrogens (tertiary/aromatic N) is 3. The van der Waals surface area contributed by atoms with Gasteiger partial charge in [0.15, 0.2) is 0 Å². The van der Waals surface area contributed by atoms with Crippen molar-refractivity contribution >= 4 is 0 Å². The summed E-state index contributed by atoms with van der Waals surface area (Å²) >= 11 is 0. The van der Waals surface area contributed by atoms with Gasteiger partial charge in [0.1, 0.15) is 6.10 Å². The molecular weight excluding hydrogens is 244 g/mol. The Kier molecular flexibility index (Phi) is 5.75. The van der Waals surface area contributed by atoms with E-state index in [2.05, 4.69) is 22.0 Å². The number of morpholine rings is 1. The van der Waals surface area contributed by atoms with E-state index in [9.17, 15) is 0 Å². The molecule has 1 unspecified atom stereocenters. The lowest BCUT2D eigenvalue weighted by Gasteiger charge is -2.30. The highest BCUT2D eigenvalue weighted by Crippen LogP contribution is 2.19. The molecule has 6 nitrogen and oxygen atoms in total. The first kappa shape index (κ1) is 14.4. The van der Waals surface area contributed by atoms with Gasteiger partial charge in [-0.15, -0.1) is 0 Å². The van der Waals surface area contributed by atoms with Crippen LogP contribution in [0.5, 0.6) is 0 Å². The second kappa shape index (κ2) is 7.57. The van der Waals surface area contributed by atoms with Crippen LogP contribution in [-0.4, -0.2) is 47.8 Å². The minimum absolute atomic E-state index is 0.0461. The molecule has 2 heterocycles. The van der Waals surface area contributed by atoms with Crippen molar-refractivity contribution in [1.29, 1.82) is 0 Å². The third kappa shape index (κ3) is 4.26. The Balaban J connectivity index is 1.82. The van der Waals surface area contributed by atoms with Crippen molar-refractivity contribution in [3.63, 3.8) is 0 Å². The number of ether oxygens (including phenoxy) is 1. The normalized spacial score (nSPS) is 20.8. The van der Waals surface area contributed by atoms with Crippen molar-refractivity contribution in [2.24, 2.45) is 5.73 Å². The van der Waals surface area contributed by atoms with E-state index in [1.54, 1.807) is 0 Å². The van der Waals surface area contributed by atoms with Crippen LogP contribution in [-0.2, 0) is 11.2 Å². The molecule has 1 saturated heterocycles. The fourth-order valence-electron chi connectivity index (χ4n) is 2.24. The van der Waals surface area contributed by atoms with Gasteiger partial charge in [0.25, 0.3) is 0 Å². The number of unbranched alkanes of at least 4 members (excludes halogenated alkanes) is 2. The van der Waals surface area contributed by atoms with Crippen molar-refractivity contribution in [2.75, 3.05) is 32.8 Å². The van der Waals surface area contributed by atoms with Gasteiger partial charge >= 0.3 is 0 Å². The predicted octanol–water partition coefficient (Wildman–Crippen LogP) is 1.13. The Morgan fingerprint density at radius 3 is 3.05 bits per heavy atom. The van der Waals surface area contributed by atoms with Crippen molar-refractivity contribution in [3.05, 3.63) is 11.7 Å². The molecule has 6 heteroatoms. The van der Waals surface area contributed by atoms with Crippen LogP contribution in [0.3, 0.4) is 0 Å². The molecule has 1 aliphatic rings. The van der Waals surface area contributed by atoms with Gasteiger partial charge in [0.05, 0.1) is 6.61 Å². The molecule has 1 aromatic heterocycles. The fraction of sp³-hybridized carbons (Fsp3) is 0.846. The van der Waals surface area contributed by atoms with Crippen LogP contribution in [0, 0.1) is 0 Å². The summed E-state index contributed by atoms with van der Waals surface area (Å²) in [5, 5.41) is 4.05. The second-order valence-electron chi connectivity index (χ2n) is 4.90. The average molecular weight is 268 g/mol. The lowest BCUT2D eigenvalue weighted by molar-refractivity contribution is -0.0334. The summed E-state index contributed by atoms with van der Waals surface area (Å²) in [6.07, 6.45) is 3.99. The summed E-state index contributed by atoms with van der Waals surface area (Å²) in [4.78, 5) is 6.78. The predicted molar refractivity (Wildman–Crippen MR) is 71.7 cm³/mol. The van der Waals surface area contributed by atoms with Crippen LogP contribution >= 0.6 is 0 Å². The SMILES string of the molecule is CCN1CCOC(c2noc(CCCCCN)n2)C1. The largest absolute Gasteiger partial charge is 0.367 e. The molecule has 1 fully saturated rings. The van der Waals surface area contributed by atoms with Gasteiger partial charge in [0, 0.05) is 19.5 Å². The van der Waals surface area contributed by atoms with Crippen LogP contribution < -0.4 is 5.73 Å². The number of hydrogen-bond donors (Lipinski definition) is 1. The highest BCUT2D eigenvalue weighted by atomic mass is 16.5. The molecule has 1 aromatic rings. The maximum absolute atomic E-state index is 5.71. The number of rotatable bonds is 7. The van der Waals surface area contributed by atoms with E-state index in [1.807, 2.05) is 0 Å². The number of nitrogens with two attached hydrogens (primary N) is 1. The monoisotopic (exact) mass is 268 g/mol. The zero-order valence-electron chi connectivity index (χ0n) is 11.7. The maximum Gasteiger partial charge on any atom is 0.226 e. The van der Waals surface area contributed by atoms with Crippen LogP contribution in [0.4, 0.5) is 0 Å². The molecule has 0 aliphatic carbocycles. The van der Waals surface area contributed by atoms with Crippen LogP contribution in [0.15, 0.2) is 4.52 Å². The minimum Gasteiger partial charge on any atom is -0.367 e. The van der Waals surface area contributed by atoms with E-state index in [4.69, 9.17) is 15.0 Å². The molecule has 0 radical (unpaired) electrons. The van der Waals surface area contributed by atoms with Crippen molar-refractivity contribution in [1.82, 2.24) is 15.0 Å². The van der Waals surface area contributed by atoms with Crippen molar-refractivity contribution < 1.29 is 9.26 Å². The fourth-order valence-corrected chi connectivity index (χ4v) is 2.24. The van der Waals surface area contributed by atoms with Crippen LogP contribution in [0.1, 0.15) is 44.0 Å². The average Bonchev–Trinajstić information content (AvgIpc) is 2.92. The smallest absolute Gasteiger partial charge is 0.226 e. The van der Waals surface area contributed by atoms with Gasteiger partial charge in [-0.3, -0.25) is 4.90 Å². The summed E-state index contributed by atoms with van der Waals surface area (Å²) in [5.74, 6) is 1.40. The summed E-state index contributed by atoms with van der Waals surface area (Å²) in [6.45, 7) is 6.50. The van der Waals surface area contributed by atoms with Gasteiger partial charge in [-0.25, -0.2) is 0 Å². The van der Waals surface area contributed by atoms with Gasteiger partial charge in [0.2, 0.25) is 11.7 Å². The van der Waals surface area contributed by atoms with E-state index in [0.717, 1.165) is 58.5 Å². The maximum atomic E-state index is 5.71. The summed E-state index contributed by atoms with van der Waals surface area (Å²) in [5.41, 5.74) is 5.46. The van der Waals surface area contributed by atoms with E-state index < -0.39 is 0 Å². The summed E-state index contributed by atoms with van der Waals surface area (Å²) < 4.78 is 11.0. The molecule has 1 atom stereocenters. The first-order valence-corrected chi connectivity index (χ1v) is 7.20. The third-order valence-electron chi connectivity index (χ3n) is 3.46. The molecule has 19 heavy (non-hydrogen) atoms. The van der Waals surface area contributed by atoms with Gasteiger partial charge in [-0.2, -0.15) is 4.98 Å². The Bertz CT molecular complexity index is 369. The van der Waals surface area contributed by atoms with Gasteiger partial charge in [-0.05, 0) is 25.9 Å². The van der Waals surface area contributed by atoms with Crippen molar-refractivity contribution in [3.8, 4) is 0 Å². The van der Waals surface area contributed by atoms with E-state index in [0.29, 0.717) is 11.7 Å². The zero-order valence-corrected chi connectivity index (χ0v) is 11.7. The standard InChI is InChI=1S/C13H24N4O2/c1-2-17-8-9-18-11(10-17)13-15-12(19-16-13)6-4-3-5-7-14/h11H,2-10,14H2,1H3. The molecule has 0 spiro atoms. The van der Waals surface area contributed by atoms with Crippen LogP contribution in [0.2, 0.25) is 0 Å². The molecule has 0 saturated carbocycles. The first-order chi connectivity index (χ1) is 9.33. The van der Waals surface area contributed by atoms with Gasteiger partial charge in [-0.1, -0.05) is 18.5 Å². The lowest BCUT2D eigenvalue weighted by Crippen LogP contribution is -2.38. The molecule has 1 aliphatic heterocycles. The van der Waals surface area contributed by atoms with Crippen LogP contribution in [0.25, 0.3) is 0 Å². The molecule has 108 valence electrons. The number of likely N-dealkylation sites (N-methyl/N-ethyl adjacent to an activating group) is 1. The molecular formula is C13H24N4O2.